The summed E-state index contributed by atoms with van der Waals surface area (Å²) >= 11 is 0. The van der Waals surface area contributed by atoms with Crippen molar-refractivity contribution >= 4 is 72.9 Å². The molecule has 0 aliphatic heterocycles. The second-order valence-electron chi connectivity index (χ2n) is 24.7. The van der Waals surface area contributed by atoms with Crippen molar-refractivity contribution in [3.63, 3.8) is 0 Å². The van der Waals surface area contributed by atoms with Crippen molar-refractivity contribution in [1.82, 2.24) is 0 Å². The Balaban J connectivity index is 0.000000163. The van der Waals surface area contributed by atoms with E-state index in [0.717, 1.165) is 0 Å². The summed E-state index contributed by atoms with van der Waals surface area (Å²) in [4.78, 5) is 0. The summed E-state index contributed by atoms with van der Waals surface area (Å²) in [5.74, 6) is 0. The van der Waals surface area contributed by atoms with E-state index in [2.05, 4.69) is 447 Å². The average Bonchev–Trinajstić information content (AvgIpc) is 2.14. The summed E-state index contributed by atoms with van der Waals surface area (Å²) < 4.78 is 0. The molecule has 0 aliphatic rings. The summed E-state index contributed by atoms with van der Waals surface area (Å²) in [6.07, 6.45) is 25.9. The van der Waals surface area contributed by atoms with Gasteiger partial charge in [-0.3, -0.25) is 0 Å². The molecule has 0 amide bonds. The highest BCUT2D eigenvalue weighted by molar-refractivity contribution is 5.75. The van der Waals surface area contributed by atoms with Crippen LogP contribution in [0.5, 0.6) is 0 Å². The van der Waals surface area contributed by atoms with E-state index >= 15 is 0 Å². The molecule has 0 unspecified atom stereocenters. The highest BCUT2D eigenvalue weighted by Crippen LogP contribution is 2.19. The first-order valence-corrected chi connectivity index (χ1v) is 33.3. The summed E-state index contributed by atoms with van der Waals surface area (Å²) in [6.45, 7) is 25.4. The number of rotatable bonds is 12. The fourth-order valence-corrected chi connectivity index (χ4v) is 10.0. The molecule has 0 spiro atoms. The van der Waals surface area contributed by atoms with E-state index in [1.165, 1.54) is 134 Å². The molecule has 12 aromatic carbocycles. The zero-order valence-electron chi connectivity index (χ0n) is 58.6. The van der Waals surface area contributed by atoms with Gasteiger partial charge in [0.2, 0.25) is 0 Å². The molecule has 0 fully saturated rings. The Kier molecular flexibility index (Phi) is 29.9. The van der Waals surface area contributed by atoms with Crippen LogP contribution in [0.1, 0.15) is 134 Å². The van der Waals surface area contributed by atoms with Gasteiger partial charge in [0.15, 0.2) is 0 Å². The van der Waals surface area contributed by atoms with Crippen molar-refractivity contribution in [1.29, 1.82) is 0 Å². The van der Waals surface area contributed by atoms with Gasteiger partial charge >= 0.3 is 0 Å². The third-order valence-corrected chi connectivity index (χ3v) is 16.0. The molecule has 0 saturated carbocycles. The van der Waals surface area contributed by atoms with Crippen LogP contribution in [0, 0.1) is 83.1 Å². The molecular weight excluding hydrogens is 1150 g/mol. The predicted molar refractivity (Wildman–Crippen MR) is 428 cm³/mol. The van der Waals surface area contributed by atoms with Crippen LogP contribution < -0.4 is 0 Å². The molecule has 0 atom stereocenters. The molecule has 0 radical (unpaired) electrons. The second-order valence-corrected chi connectivity index (χ2v) is 24.7. The molecule has 0 nitrogen and oxygen atoms in total. The first-order valence-electron chi connectivity index (χ1n) is 33.3. The molecule has 0 aliphatic carbocycles. The van der Waals surface area contributed by atoms with E-state index in [-0.39, 0.29) is 0 Å². The number of hydrogen-bond donors (Lipinski definition) is 0. The minimum Gasteiger partial charge on any atom is -0.0620 e. The monoisotopic (exact) mass is 1250 g/mol. The molecule has 0 heterocycles. The normalized spacial score (nSPS) is 10.9. The number of aryl methyl sites for hydroxylation is 12. The van der Waals surface area contributed by atoms with Crippen LogP contribution in [0.25, 0.3) is 72.9 Å². The van der Waals surface area contributed by atoms with E-state index in [4.69, 9.17) is 0 Å². The molecule has 0 N–H and O–H groups in total. The Bertz CT molecular complexity index is 4330. The first kappa shape index (κ1) is 72.5. The Morgan fingerprint density at radius 3 is 0.521 bits per heavy atom. The Morgan fingerprint density at radius 1 is 0.135 bits per heavy atom. The SMILES string of the molecule is Cc1ccc(C=Cc2ccc(C)cc2)cc1.Cc1ccc(C=Cc2cccc(C)c2)cc1.Cc1ccc(C=Cc2ccccc2C)cc1.Cc1cccc(C=Cc2cccc(C)c2)c1.Cc1cccc(C=Cc2ccccc2C)c1.Cc1ccccc1C=Cc1ccccc1C. The number of benzene rings is 12. The molecule has 0 saturated heterocycles. The topological polar surface area (TPSA) is 0 Å². The molecular formula is C96H96. The van der Waals surface area contributed by atoms with Gasteiger partial charge in [0.05, 0.1) is 0 Å². The van der Waals surface area contributed by atoms with E-state index < -0.39 is 0 Å². The van der Waals surface area contributed by atoms with Gasteiger partial charge in [-0.25, -0.2) is 0 Å². The maximum absolute atomic E-state index is 2.19. The van der Waals surface area contributed by atoms with Crippen LogP contribution in [-0.2, 0) is 0 Å². The smallest absolute Gasteiger partial charge is 0.0227 e. The van der Waals surface area contributed by atoms with Gasteiger partial charge in [0.1, 0.15) is 0 Å². The van der Waals surface area contributed by atoms with Crippen molar-refractivity contribution in [3.8, 4) is 0 Å². The second kappa shape index (κ2) is 39.6. The Hall–Kier alpha value is -10.9. The number of hydrogen-bond acceptors (Lipinski definition) is 0. The molecule has 96 heavy (non-hydrogen) atoms. The maximum atomic E-state index is 2.19. The van der Waals surface area contributed by atoms with E-state index in [1.807, 2.05) is 0 Å². The highest BCUT2D eigenvalue weighted by atomic mass is 14.0. The minimum absolute atomic E-state index is 1.24. The Morgan fingerprint density at radius 2 is 0.312 bits per heavy atom. The molecule has 0 heteroatoms. The lowest BCUT2D eigenvalue weighted by Crippen LogP contribution is -1.80. The molecule has 0 aromatic heterocycles. The highest BCUT2D eigenvalue weighted by Gasteiger charge is 1.98. The molecule has 12 rings (SSSR count). The van der Waals surface area contributed by atoms with Gasteiger partial charge in [-0.05, 0) is 172 Å². The van der Waals surface area contributed by atoms with Gasteiger partial charge in [-0.15, -0.1) is 0 Å². The van der Waals surface area contributed by atoms with Gasteiger partial charge in [0, 0.05) is 0 Å². The van der Waals surface area contributed by atoms with Crippen LogP contribution in [-0.4, -0.2) is 0 Å². The average molecular weight is 1250 g/mol. The van der Waals surface area contributed by atoms with E-state index in [0.29, 0.717) is 0 Å². The molecule has 12 aromatic rings. The quantitative estimate of drug-likeness (QED) is 0.107. The van der Waals surface area contributed by atoms with Gasteiger partial charge < -0.3 is 0 Å². The van der Waals surface area contributed by atoms with E-state index in [1.54, 1.807) is 0 Å². The van der Waals surface area contributed by atoms with Crippen LogP contribution >= 0.6 is 0 Å². The summed E-state index contributed by atoms with van der Waals surface area (Å²) in [7, 11) is 0. The van der Waals surface area contributed by atoms with Crippen molar-refractivity contribution in [3.05, 3.63) is 425 Å². The van der Waals surface area contributed by atoms with Gasteiger partial charge in [0.25, 0.3) is 0 Å². The summed E-state index contributed by atoms with van der Waals surface area (Å²) in [5, 5.41) is 0. The molecule has 0 bridgehead atoms. The fourth-order valence-electron chi connectivity index (χ4n) is 10.0. The van der Waals surface area contributed by atoms with Crippen molar-refractivity contribution in [2.24, 2.45) is 0 Å². The lowest BCUT2D eigenvalue weighted by Gasteiger charge is -2.01. The fraction of sp³-hybridized carbons (Fsp3) is 0.125. The third-order valence-electron chi connectivity index (χ3n) is 16.0. The first-order chi connectivity index (χ1) is 46.5. The zero-order valence-corrected chi connectivity index (χ0v) is 58.6. The van der Waals surface area contributed by atoms with Crippen molar-refractivity contribution < 1.29 is 0 Å². The van der Waals surface area contributed by atoms with Crippen LogP contribution in [0.2, 0.25) is 0 Å². The minimum atomic E-state index is 1.24. The Labute approximate surface area is 577 Å². The third kappa shape index (κ3) is 27.3. The van der Waals surface area contributed by atoms with Crippen LogP contribution in [0.3, 0.4) is 0 Å². The zero-order chi connectivity index (χ0) is 68.3. The molecule has 480 valence electrons. The van der Waals surface area contributed by atoms with Gasteiger partial charge in [-0.1, -0.05) is 409 Å². The van der Waals surface area contributed by atoms with Crippen LogP contribution in [0.4, 0.5) is 0 Å². The summed E-state index contributed by atoms with van der Waals surface area (Å²) in [5.41, 5.74) is 30.7. The maximum Gasteiger partial charge on any atom is -0.0227 e. The lowest BCUT2D eigenvalue weighted by molar-refractivity contribution is 1.43. The van der Waals surface area contributed by atoms with Crippen molar-refractivity contribution in [2.75, 3.05) is 0 Å². The predicted octanol–water partition coefficient (Wildman–Crippen LogP) is 26.8. The van der Waals surface area contributed by atoms with Crippen LogP contribution in [0.15, 0.2) is 291 Å². The standard InChI is InChI=1S/6C16H16/c1-13-3-7-15(8-4-13)11-12-16-9-5-14(2)6-10-16;1-13-5-3-7-15(11-13)9-10-16-8-4-6-14(2)12-16;1-13-7-3-5-9-15(13)11-12-16-10-6-4-8-14(16)2;1-13-6-5-8-15(12-13)10-11-16-9-4-3-7-14(16)2;1-13-6-8-15(9-7-13)10-11-16-5-3-4-14(2)12-16;1-13-7-9-15(10-8-13)11-12-16-6-4-3-5-14(16)2/h6*3-12H,1-2H3. The van der Waals surface area contributed by atoms with Crippen molar-refractivity contribution in [2.45, 2.75) is 83.1 Å². The summed E-state index contributed by atoms with van der Waals surface area (Å²) in [6, 6.07) is 102. The lowest BCUT2D eigenvalue weighted by atomic mass is 10.0. The van der Waals surface area contributed by atoms with E-state index in [9.17, 15) is 0 Å². The largest absolute Gasteiger partial charge is 0.0620 e. The van der Waals surface area contributed by atoms with Gasteiger partial charge in [-0.2, -0.15) is 0 Å².